The molecule has 1 N–H and O–H groups in total. The Kier molecular flexibility index (Phi) is 5.32. The lowest BCUT2D eigenvalue weighted by Crippen LogP contribution is -2.24. The number of rotatable bonds is 5. The van der Waals surface area contributed by atoms with Crippen molar-refractivity contribution in [1.29, 1.82) is 0 Å². The molecule has 0 aliphatic heterocycles. The van der Waals surface area contributed by atoms with Crippen molar-refractivity contribution < 1.29 is 4.39 Å². The molecule has 3 heteroatoms. The molecule has 2 rings (SSSR count). The van der Waals surface area contributed by atoms with Crippen LogP contribution in [0, 0.1) is 12.7 Å². The van der Waals surface area contributed by atoms with Gasteiger partial charge in [0.25, 0.3) is 0 Å². The first-order valence-electron chi connectivity index (χ1n) is 6.87. The maximum Gasteiger partial charge on any atom is 0.128 e. The minimum absolute atomic E-state index is 0.117. The number of hydrogen-bond donors (Lipinski definition) is 1. The molecule has 0 heterocycles. The molecule has 0 aliphatic carbocycles. The molecule has 2 aromatic carbocycles. The van der Waals surface area contributed by atoms with Crippen LogP contribution < -0.4 is 5.32 Å². The van der Waals surface area contributed by atoms with Gasteiger partial charge in [-0.05, 0) is 49.2 Å². The Balaban J connectivity index is 2.47. The summed E-state index contributed by atoms with van der Waals surface area (Å²) in [6.45, 7) is 5.02. The van der Waals surface area contributed by atoms with Gasteiger partial charge in [-0.1, -0.05) is 47.1 Å². The number of nitrogens with one attached hydrogen (secondary N) is 1. The van der Waals surface area contributed by atoms with E-state index in [-0.39, 0.29) is 11.9 Å². The maximum atomic E-state index is 14.2. The van der Waals surface area contributed by atoms with Crippen molar-refractivity contribution in [2.45, 2.75) is 26.3 Å². The Morgan fingerprint density at radius 2 is 1.90 bits per heavy atom. The first kappa shape index (κ1) is 15.2. The average molecular weight is 336 g/mol. The van der Waals surface area contributed by atoms with E-state index < -0.39 is 0 Å². The van der Waals surface area contributed by atoms with Gasteiger partial charge in [0.1, 0.15) is 5.82 Å². The molecule has 106 valence electrons. The third-order valence-electron chi connectivity index (χ3n) is 3.37. The van der Waals surface area contributed by atoms with Gasteiger partial charge in [0.05, 0.1) is 6.04 Å². The summed E-state index contributed by atoms with van der Waals surface area (Å²) < 4.78 is 15.1. The molecule has 0 saturated carbocycles. The molecule has 20 heavy (non-hydrogen) atoms. The molecule has 0 aliphatic rings. The maximum absolute atomic E-state index is 14.2. The molecular weight excluding hydrogens is 317 g/mol. The third kappa shape index (κ3) is 3.47. The minimum atomic E-state index is -0.176. The van der Waals surface area contributed by atoms with E-state index in [9.17, 15) is 4.39 Å². The first-order valence-corrected chi connectivity index (χ1v) is 7.66. The number of halogens is 2. The zero-order chi connectivity index (χ0) is 14.5. The smallest absolute Gasteiger partial charge is 0.128 e. The quantitative estimate of drug-likeness (QED) is 0.811. The van der Waals surface area contributed by atoms with E-state index in [1.165, 1.54) is 11.6 Å². The third-order valence-corrected chi connectivity index (χ3v) is 3.86. The molecule has 0 aromatic heterocycles. The van der Waals surface area contributed by atoms with Crippen LogP contribution in [0.5, 0.6) is 0 Å². The fourth-order valence-electron chi connectivity index (χ4n) is 2.32. The van der Waals surface area contributed by atoms with E-state index in [0.717, 1.165) is 23.0 Å². The summed E-state index contributed by atoms with van der Waals surface area (Å²) in [5, 5.41) is 3.45. The molecular formula is C17H19BrFN. The van der Waals surface area contributed by atoms with Gasteiger partial charge in [0.2, 0.25) is 0 Å². The molecule has 2 aromatic rings. The van der Waals surface area contributed by atoms with Gasteiger partial charge in [0, 0.05) is 10.0 Å². The lowest BCUT2D eigenvalue weighted by atomic mass is 9.94. The largest absolute Gasteiger partial charge is 0.306 e. The van der Waals surface area contributed by atoms with E-state index in [4.69, 9.17) is 0 Å². The molecule has 1 unspecified atom stereocenters. The SMILES string of the molecule is CCCNC(c1ccccc1C)c1cc(Br)ccc1F. The number of aryl methyl sites for hydroxylation is 1. The molecule has 0 bridgehead atoms. The Morgan fingerprint density at radius 1 is 1.15 bits per heavy atom. The summed E-state index contributed by atoms with van der Waals surface area (Å²) in [6.07, 6.45) is 1.01. The van der Waals surface area contributed by atoms with Crippen molar-refractivity contribution in [2.24, 2.45) is 0 Å². The van der Waals surface area contributed by atoms with Gasteiger partial charge in [-0.25, -0.2) is 4.39 Å². The van der Waals surface area contributed by atoms with Crippen LogP contribution in [0.1, 0.15) is 36.1 Å². The molecule has 0 amide bonds. The van der Waals surface area contributed by atoms with Gasteiger partial charge in [-0.15, -0.1) is 0 Å². The zero-order valence-corrected chi connectivity index (χ0v) is 13.4. The Labute approximate surface area is 128 Å². The summed E-state index contributed by atoms with van der Waals surface area (Å²) in [6, 6.07) is 13.1. The van der Waals surface area contributed by atoms with Crippen LogP contribution in [-0.4, -0.2) is 6.54 Å². The van der Waals surface area contributed by atoms with Crippen LogP contribution in [0.15, 0.2) is 46.9 Å². The summed E-state index contributed by atoms with van der Waals surface area (Å²) in [5.74, 6) is -0.176. The van der Waals surface area contributed by atoms with Crippen LogP contribution in [0.4, 0.5) is 4.39 Å². The second-order valence-electron chi connectivity index (χ2n) is 4.91. The van der Waals surface area contributed by atoms with Gasteiger partial charge < -0.3 is 5.32 Å². The highest BCUT2D eigenvalue weighted by Gasteiger charge is 2.19. The second-order valence-corrected chi connectivity index (χ2v) is 5.83. The second kappa shape index (κ2) is 7.00. The minimum Gasteiger partial charge on any atom is -0.306 e. The molecule has 0 saturated heterocycles. The normalized spacial score (nSPS) is 12.4. The fourth-order valence-corrected chi connectivity index (χ4v) is 2.70. The highest BCUT2D eigenvalue weighted by molar-refractivity contribution is 9.10. The molecule has 0 spiro atoms. The van der Waals surface area contributed by atoms with E-state index in [1.54, 1.807) is 6.07 Å². The van der Waals surface area contributed by atoms with E-state index >= 15 is 0 Å². The molecule has 1 atom stereocenters. The van der Waals surface area contributed by atoms with Crippen molar-refractivity contribution in [1.82, 2.24) is 5.32 Å². The van der Waals surface area contributed by atoms with E-state index in [1.807, 2.05) is 18.2 Å². The predicted octanol–water partition coefficient (Wildman–Crippen LogP) is 4.99. The average Bonchev–Trinajstić information content (AvgIpc) is 2.44. The highest BCUT2D eigenvalue weighted by atomic mass is 79.9. The van der Waals surface area contributed by atoms with Crippen molar-refractivity contribution in [2.75, 3.05) is 6.54 Å². The van der Waals surface area contributed by atoms with Gasteiger partial charge in [-0.3, -0.25) is 0 Å². The lowest BCUT2D eigenvalue weighted by molar-refractivity contribution is 0.545. The molecule has 0 fully saturated rings. The summed E-state index contributed by atoms with van der Waals surface area (Å²) in [7, 11) is 0. The Bertz CT molecular complexity index is 583. The van der Waals surface area contributed by atoms with Crippen molar-refractivity contribution >= 4 is 15.9 Å². The van der Waals surface area contributed by atoms with Crippen molar-refractivity contribution in [3.8, 4) is 0 Å². The predicted molar refractivity (Wildman–Crippen MR) is 85.4 cm³/mol. The van der Waals surface area contributed by atoms with Crippen LogP contribution >= 0.6 is 15.9 Å². The topological polar surface area (TPSA) is 12.0 Å². The van der Waals surface area contributed by atoms with Crippen LogP contribution in [-0.2, 0) is 0 Å². The lowest BCUT2D eigenvalue weighted by Gasteiger charge is -2.22. The van der Waals surface area contributed by atoms with Crippen molar-refractivity contribution in [3.63, 3.8) is 0 Å². The van der Waals surface area contributed by atoms with Gasteiger partial charge >= 0.3 is 0 Å². The van der Waals surface area contributed by atoms with Crippen LogP contribution in [0.3, 0.4) is 0 Å². The van der Waals surface area contributed by atoms with E-state index in [2.05, 4.69) is 47.2 Å². The highest BCUT2D eigenvalue weighted by Crippen LogP contribution is 2.29. The number of benzene rings is 2. The Hall–Kier alpha value is -1.19. The monoisotopic (exact) mass is 335 g/mol. The standard InChI is InChI=1S/C17H19BrFN/c1-3-10-20-17(14-7-5-4-6-12(14)2)15-11-13(18)8-9-16(15)19/h4-9,11,17,20H,3,10H2,1-2H3. The Morgan fingerprint density at radius 3 is 2.60 bits per heavy atom. The van der Waals surface area contributed by atoms with Crippen LogP contribution in [0.25, 0.3) is 0 Å². The number of hydrogen-bond acceptors (Lipinski definition) is 1. The first-order chi connectivity index (χ1) is 9.63. The molecule has 0 radical (unpaired) electrons. The fraction of sp³-hybridized carbons (Fsp3) is 0.294. The zero-order valence-electron chi connectivity index (χ0n) is 11.8. The summed E-state index contributed by atoms with van der Waals surface area (Å²) in [4.78, 5) is 0. The van der Waals surface area contributed by atoms with Gasteiger partial charge in [-0.2, -0.15) is 0 Å². The summed E-state index contributed by atoms with van der Waals surface area (Å²) >= 11 is 3.43. The van der Waals surface area contributed by atoms with Crippen LogP contribution in [0.2, 0.25) is 0 Å². The molecule has 1 nitrogen and oxygen atoms in total. The van der Waals surface area contributed by atoms with Crippen molar-refractivity contribution in [3.05, 3.63) is 69.4 Å². The summed E-state index contributed by atoms with van der Waals surface area (Å²) in [5.41, 5.74) is 2.97. The van der Waals surface area contributed by atoms with E-state index in [0.29, 0.717) is 5.56 Å². The van der Waals surface area contributed by atoms with Gasteiger partial charge in [0.15, 0.2) is 0 Å².